The minimum absolute atomic E-state index is 0.0441. The molecule has 4 nitrogen and oxygen atoms in total. The zero-order valence-electron chi connectivity index (χ0n) is 11.4. The first kappa shape index (κ1) is 16.8. The number of carbonyl (C=O) groups is 1. The van der Waals surface area contributed by atoms with Crippen LogP contribution in [0.15, 0.2) is 18.2 Å². The summed E-state index contributed by atoms with van der Waals surface area (Å²) >= 11 is 0. The van der Waals surface area contributed by atoms with Crippen LogP contribution in [0.25, 0.3) is 0 Å². The molecule has 0 fully saturated rings. The van der Waals surface area contributed by atoms with Gasteiger partial charge in [-0.1, -0.05) is 0 Å². The van der Waals surface area contributed by atoms with Gasteiger partial charge in [0.05, 0.1) is 17.2 Å². The van der Waals surface area contributed by atoms with E-state index in [2.05, 4.69) is 5.32 Å². The average molecular weight is 300 g/mol. The van der Waals surface area contributed by atoms with E-state index in [0.717, 1.165) is 12.1 Å². The number of carboxylic acids is 1. The van der Waals surface area contributed by atoms with Gasteiger partial charge in [0.2, 0.25) is 0 Å². The van der Waals surface area contributed by atoms with Crippen LogP contribution in [0.4, 0.5) is 18.9 Å². The van der Waals surface area contributed by atoms with Crippen LogP contribution in [0, 0.1) is 11.3 Å². The molecule has 21 heavy (non-hydrogen) atoms. The van der Waals surface area contributed by atoms with Crippen molar-refractivity contribution in [1.82, 2.24) is 0 Å². The normalized spacial score (nSPS) is 12.5. The number of nitrogens with zero attached hydrogens (tertiary/aromatic N) is 1. The quantitative estimate of drug-likeness (QED) is 0.841. The van der Waals surface area contributed by atoms with E-state index in [-0.39, 0.29) is 12.5 Å². The van der Waals surface area contributed by atoms with Crippen molar-refractivity contribution in [3.63, 3.8) is 0 Å². The van der Waals surface area contributed by atoms with Crippen LogP contribution in [0.5, 0.6) is 0 Å². The first-order valence-electron chi connectivity index (χ1n) is 6.33. The standard InChI is InChI=1S/C14H15F3N2O2/c1-9(3-2-4-13(20)21)19-11-5-6-12(14(15,16)17)10(7-11)8-18/h5-7,9,19H,2-4H2,1H3,(H,20,21). The molecule has 2 N–H and O–H groups in total. The van der Waals surface area contributed by atoms with Gasteiger partial charge in [-0.05, 0) is 38.0 Å². The lowest BCUT2D eigenvalue weighted by Crippen LogP contribution is -2.16. The van der Waals surface area contributed by atoms with Crippen molar-refractivity contribution in [2.45, 2.75) is 38.4 Å². The van der Waals surface area contributed by atoms with Crippen molar-refractivity contribution < 1.29 is 23.1 Å². The molecule has 0 radical (unpaired) electrons. The van der Waals surface area contributed by atoms with Crippen molar-refractivity contribution >= 4 is 11.7 Å². The summed E-state index contributed by atoms with van der Waals surface area (Å²) in [5.41, 5.74) is -0.998. The van der Waals surface area contributed by atoms with Gasteiger partial charge in [-0.25, -0.2) is 0 Å². The molecule has 1 atom stereocenters. The second kappa shape index (κ2) is 6.97. The summed E-state index contributed by atoms with van der Waals surface area (Å²) in [4.78, 5) is 10.4. The number of anilines is 1. The van der Waals surface area contributed by atoms with E-state index in [4.69, 9.17) is 10.4 Å². The largest absolute Gasteiger partial charge is 0.481 e. The van der Waals surface area contributed by atoms with Gasteiger partial charge < -0.3 is 10.4 Å². The molecule has 0 amide bonds. The smallest absolute Gasteiger partial charge is 0.417 e. The van der Waals surface area contributed by atoms with Crippen molar-refractivity contribution in [3.05, 3.63) is 29.3 Å². The highest BCUT2D eigenvalue weighted by molar-refractivity contribution is 5.66. The average Bonchev–Trinajstić information content (AvgIpc) is 2.36. The van der Waals surface area contributed by atoms with Crippen molar-refractivity contribution in [2.24, 2.45) is 0 Å². The van der Waals surface area contributed by atoms with Crippen LogP contribution in [0.3, 0.4) is 0 Å². The maximum absolute atomic E-state index is 12.6. The molecular weight excluding hydrogens is 285 g/mol. The summed E-state index contributed by atoms with van der Waals surface area (Å²) in [6.07, 6.45) is -3.48. The fourth-order valence-electron chi connectivity index (χ4n) is 1.89. The van der Waals surface area contributed by atoms with Crippen LogP contribution in [-0.2, 0) is 11.0 Å². The van der Waals surface area contributed by atoms with Gasteiger partial charge in [0.15, 0.2) is 0 Å². The van der Waals surface area contributed by atoms with E-state index >= 15 is 0 Å². The summed E-state index contributed by atoms with van der Waals surface area (Å²) in [5, 5.41) is 20.3. The second-order valence-electron chi connectivity index (χ2n) is 4.70. The number of aliphatic carboxylic acids is 1. The van der Waals surface area contributed by atoms with Crippen LogP contribution >= 0.6 is 0 Å². The molecule has 0 bridgehead atoms. The number of nitrogens with one attached hydrogen (secondary N) is 1. The van der Waals surface area contributed by atoms with E-state index < -0.39 is 23.3 Å². The lowest BCUT2D eigenvalue weighted by molar-refractivity contribution is -0.138. The Kier molecular flexibility index (Phi) is 5.59. The molecule has 0 heterocycles. The Hall–Kier alpha value is -2.23. The first-order valence-corrected chi connectivity index (χ1v) is 6.33. The Bertz CT molecular complexity index is 550. The van der Waals surface area contributed by atoms with Gasteiger partial charge in [-0.2, -0.15) is 18.4 Å². The number of hydrogen-bond donors (Lipinski definition) is 2. The lowest BCUT2D eigenvalue weighted by Gasteiger charge is -2.16. The molecule has 0 aromatic heterocycles. The highest BCUT2D eigenvalue weighted by atomic mass is 19.4. The molecule has 0 aliphatic carbocycles. The number of nitriles is 1. The van der Waals surface area contributed by atoms with Crippen molar-refractivity contribution in [1.29, 1.82) is 5.26 Å². The molecule has 1 unspecified atom stereocenters. The van der Waals surface area contributed by atoms with Gasteiger partial charge in [0.1, 0.15) is 0 Å². The Labute approximate surface area is 120 Å². The number of benzene rings is 1. The van der Waals surface area contributed by atoms with Crippen molar-refractivity contribution in [2.75, 3.05) is 5.32 Å². The van der Waals surface area contributed by atoms with Gasteiger partial charge in [0, 0.05) is 18.2 Å². The number of halogens is 3. The summed E-state index contributed by atoms with van der Waals surface area (Å²) in [6, 6.07) is 4.71. The predicted molar refractivity (Wildman–Crippen MR) is 70.7 cm³/mol. The van der Waals surface area contributed by atoms with Crippen molar-refractivity contribution in [3.8, 4) is 6.07 Å². The maximum atomic E-state index is 12.6. The minimum Gasteiger partial charge on any atom is -0.481 e. The van der Waals surface area contributed by atoms with Gasteiger partial charge in [0.25, 0.3) is 0 Å². The number of alkyl halides is 3. The summed E-state index contributed by atoms with van der Waals surface area (Å²) in [5.74, 6) is -0.886. The molecule has 0 aliphatic heterocycles. The third-order valence-electron chi connectivity index (χ3n) is 2.89. The van der Waals surface area contributed by atoms with E-state index in [1.54, 1.807) is 6.92 Å². The Morgan fingerprint density at radius 3 is 2.67 bits per heavy atom. The fourth-order valence-corrected chi connectivity index (χ4v) is 1.89. The topological polar surface area (TPSA) is 73.1 Å². The van der Waals surface area contributed by atoms with Crippen LogP contribution < -0.4 is 5.32 Å². The van der Waals surface area contributed by atoms with Gasteiger partial charge in [-0.3, -0.25) is 4.79 Å². The molecule has 0 saturated heterocycles. The fraction of sp³-hybridized carbons (Fsp3) is 0.429. The highest BCUT2D eigenvalue weighted by Crippen LogP contribution is 2.33. The minimum atomic E-state index is -4.56. The molecule has 114 valence electrons. The molecule has 1 aromatic carbocycles. The number of rotatable bonds is 6. The maximum Gasteiger partial charge on any atom is 0.417 e. The monoisotopic (exact) mass is 300 g/mol. The zero-order valence-corrected chi connectivity index (χ0v) is 11.4. The second-order valence-corrected chi connectivity index (χ2v) is 4.70. The summed E-state index contributed by atoms with van der Waals surface area (Å²) < 4.78 is 37.9. The van der Waals surface area contributed by atoms with Crippen LogP contribution in [0.1, 0.15) is 37.3 Å². The highest BCUT2D eigenvalue weighted by Gasteiger charge is 2.33. The van der Waals surface area contributed by atoms with E-state index in [9.17, 15) is 18.0 Å². The molecule has 1 rings (SSSR count). The van der Waals surface area contributed by atoms with E-state index in [1.807, 2.05) is 0 Å². The Morgan fingerprint density at radius 2 is 2.14 bits per heavy atom. The third kappa shape index (κ3) is 5.34. The summed E-state index contributed by atoms with van der Waals surface area (Å²) in [6.45, 7) is 1.80. The van der Waals surface area contributed by atoms with Crippen LogP contribution in [-0.4, -0.2) is 17.1 Å². The summed E-state index contributed by atoms with van der Waals surface area (Å²) in [7, 11) is 0. The zero-order chi connectivity index (χ0) is 16.0. The Morgan fingerprint density at radius 1 is 1.48 bits per heavy atom. The van der Waals surface area contributed by atoms with Crippen LogP contribution in [0.2, 0.25) is 0 Å². The number of hydrogen-bond acceptors (Lipinski definition) is 3. The first-order chi connectivity index (χ1) is 9.74. The molecule has 1 aromatic rings. The SMILES string of the molecule is CC(CCCC(=O)O)Nc1ccc(C(F)(F)F)c(C#N)c1. The molecule has 0 spiro atoms. The lowest BCUT2D eigenvalue weighted by atomic mass is 10.1. The van der Waals surface area contributed by atoms with E-state index in [0.29, 0.717) is 18.5 Å². The number of carboxylic acid groups (broad SMARTS) is 1. The molecule has 0 aliphatic rings. The Balaban J connectivity index is 2.73. The van der Waals surface area contributed by atoms with Gasteiger partial charge >= 0.3 is 12.1 Å². The third-order valence-corrected chi connectivity index (χ3v) is 2.89. The predicted octanol–water partition coefficient (Wildman–Crippen LogP) is 3.63. The van der Waals surface area contributed by atoms with Gasteiger partial charge in [-0.15, -0.1) is 0 Å². The molecular formula is C14H15F3N2O2. The molecule has 0 saturated carbocycles. The van der Waals surface area contributed by atoms with E-state index in [1.165, 1.54) is 12.1 Å². The molecule has 7 heteroatoms.